The fraction of sp³-hybridized carbons (Fsp3) is 0.571. The van der Waals surface area contributed by atoms with Crippen molar-refractivity contribution in [3.05, 3.63) is 65.2 Å². The Morgan fingerprint density at radius 1 is 0.711 bits per heavy atom. The zero-order chi connectivity index (χ0) is 27.4. The average molecular weight is 537 g/mol. The van der Waals surface area contributed by atoms with Gasteiger partial charge < -0.3 is 9.47 Å². The van der Waals surface area contributed by atoms with E-state index in [1.165, 1.54) is 69.8 Å². The molecule has 2 rings (SSSR count). The first kappa shape index (κ1) is 32.1. The molecule has 0 saturated carbocycles. The lowest BCUT2D eigenvalue weighted by Gasteiger charge is -2.14. The second kappa shape index (κ2) is 19.9. The fourth-order valence-electron chi connectivity index (χ4n) is 4.53. The largest absolute Gasteiger partial charge is 0.490 e. The standard InChI is InChI=1S/C35H52O2S/c1-5-7-9-11-13-15-25-36-33-23-19-31(28-34(33)37-26-16-14-12-10-8-6-2)20-24-35(38)32-21-17-30(18-22-32)27-29(3)4/h17-24,28-29H,5-16,25-27H2,1-4H3. The highest BCUT2D eigenvalue weighted by Gasteiger charge is 2.07. The van der Waals surface area contributed by atoms with Crippen molar-refractivity contribution in [3.8, 4) is 11.5 Å². The lowest BCUT2D eigenvalue weighted by Crippen LogP contribution is -2.03. The molecule has 0 heterocycles. The molecule has 210 valence electrons. The zero-order valence-electron chi connectivity index (χ0n) is 24.6. The van der Waals surface area contributed by atoms with Crippen molar-refractivity contribution in [3.63, 3.8) is 0 Å². The summed E-state index contributed by atoms with van der Waals surface area (Å²) in [7, 11) is 0. The maximum Gasteiger partial charge on any atom is 0.161 e. The summed E-state index contributed by atoms with van der Waals surface area (Å²) in [5.41, 5.74) is 3.52. The van der Waals surface area contributed by atoms with Crippen molar-refractivity contribution in [2.75, 3.05) is 13.2 Å². The number of unbranched alkanes of at least 4 members (excludes halogenated alkanes) is 10. The van der Waals surface area contributed by atoms with Gasteiger partial charge in [-0.1, -0.05) is 141 Å². The van der Waals surface area contributed by atoms with E-state index in [9.17, 15) is 0 Å². The molecule has 0 spiro atoms. The van der Waals surface area contributed by atoms with Crippen LogP contribution in [0.5, 0.6) is 11.5 Å². The third kappa shape index (κ3) is 13.6. The quantitative estimate of drug-likeness (QED) is 0.0684. The SMILES string of the molecule is CCCCCCCCOc1ccc(C=CC(=S)c2ccc(CC(C)C)cc2)cc1OCCCCCCCC. The van der Waals surface area contributed by atoms with Crippen molar-refractivity contribution >= 4 is 23.2 Å². The van der Waals surface area contributed by atoms with Gasteiger partial charge in [-0.25, -0.2) is 0 Å². The Bertz CT molecular complexity index is 929. The molecule has 2 aromatic rings. The molecular weight excluding hydrogens is 484 g/mol. The van der Waals surface area contributed by atoms with E-state index < -0.39 is 0 Å². The van der Waals surface area contributed by atoms with Crippen molar-refractivity contribution in [2.24, 2.45) is 5.92 Å². The van der Waals surface area contributed by atoms with Crippen LogP contribution in [0.3, 0.4) is 0 Å². The van der Waals surface area contributed by atoms with Gasteiger partial charge in [-0.2, -0.15) is 0 Å². The number of thiocarbonyl (C=S) groups is 1. The molecule has 0 fully saturated rings. The highest BCUT2D eigenvalue weighted by molar-refractivity contribution is 7.81. The molecule has 3 heteroatoms. The van der Waals surface area contributed by atoms with Gasteiger partial charge in [0.1, 0.15) is 0 Å². The van der Waals surface area contributed by atoms with Gasteiger partial charge in [-0.15, -0.1) is 0 Å². The summed E-state index contributed by atoms with van der Waals surface area (Å²) in [4.78, 5) is 0.846. The van der Waals surface area contributed by atoms with Crippen molar-refractivity contribution in [1.29, 1.82) is 0 Å². The van der Waals surface area contributed by atoms with Crippen molar-refractivity contribution in [1.82, 2.24) is 0 Å². The Morgan fingerprint density at radius 2 is 1.26 bits per heavy atom. The van der Waals surface area contributed by atoms with Crippen LogP contribution in [0.1, 0.15) is 121 Å². The summed E-state index contributed by atoms with van der Waals surface area (Å²) in [5.74, 6) is 2.35. The molecule has 0 amide bonds. The highest BCUT2D eigenvalue weighted by atomic mass is 32.1. The first-order valence-corrected chi connectivity index (χ1v) is 15.6. The molecule has 0 bridgehead atoms. The monoisotopic (exact) mass is 536 g/mol. The van der Waals surface area contributed by atoms with Crippen LogP contribution in [0.25, 0.3) is 6.08 Å². The predicted molar refractivity (Wildman–Crippen MR) is 170 cm³/mol. The Balaban J connectivity index is 1.97. The zero-order valence-corrected chi connectivity index (χ0v) is 25.4. The van der Waals surface area contributed by atoms with Gasteiger partial charge in [0.2, 0.25) is 0 Å². The summed E-state index contributed by atoms with van der Waals surface area (Å²) in [6.07, 6.45) is 20.3. The third-order valence-electron chi connectivity index (χ3n) is 6.79. The van der Waals surface area contributed by atoms with Gasteiger partial charge in [0.25, 0.3) is 0 Å². The number of ether oxygens (including phenoxy) is 2. The molecule has 0 saturated heterocycles. The number of benzene rings is 2. The highest BCUT2D eigenvalue weighted by Crippen LogP contribution is 2.30. The topological polar surface area (TPSA) is 18.5 Å². The van der Waals surface area contributed by atoms with E-state index in [4.69, 9.17) is 21.7 Å². The maximum absolute atomic E-state index is 6.24. The second-order valence-corrected chi connectivity index (χ2v) is 11.4. The van der Waals surface area contributed by atoms with Gasteiger partial charge in [-0.05, 0) is 60.1 Å². The summed E-state index contributed by atoms with van der Waals surface area (Å²) < 4.78 is 12.4. The second-order valence-electron chi connectivity index (χ2n) is 10.9. The fourth-order valence-corrected chi connectivity index (χ4v) is 4.74. The van der Waals surface area contributed by atoms with E-state index in [0.717, 1.165) is 60.0 Å². The third-order valence-corrected chi connectivity index (χ3v) is 7.16. The smallest absolute Gasteiger partial charge is 0.161 e. The molecule has 2 aromatic carbocycles. The first-order valence-electron chi connectivity index (χ1n) is 15.2. The minimum atomic E-state index is 0.655. The summed E-state index contributed by atoms with van der Waals surface area (Å²) in [6.45, 7) is 10.5. The average Bonchev–Trinajstić information content (AvgIpc) is 2.91. The Hall–Kier alpha value is -2.13. The van der Waals surface area contributed by atoms with Gasteiger partial charge >= 0.3 is 0 Å². The molecule has 0 aliphatic heterocycles. The minimum absolute atomic E-state index is 0.655. The van der Waals surface area contributed by atoms with Crippen LogP contribution in [0.4, 0.5) is 0 Å². The summed E-state index contributed by atoms with van der Waals surface area (Å²) in [5, 5.41) is 0. The molecule has 0 atom stereocenters. The van der Waals surface area contributed by atoms with Crippen LogP contribution in [0, 0.1) is 5.92 Å². The van der Waals surface area contributed by atoms with E-state index in [1.54, 1.807) is 0 Å². The first-order chi connectivity index (χ1) is 18.5. The van der Waals surface area contributed by atoms with Crippen LogP contribution in [0.2, 0.25) is 0 Å². The van der Waals surface area contributed by atoms with Crippen LogP contribution < -0.4 is 9.47 Å². The number of hydrogen-bond acceptors (Lipinski definition) is 3. The van der Waals surface area contributed by atoms with E-state index in [0.29, 0.717) is 5.92 Å². The molecule has 2 nitrogen and oxygen atoms in total. The Morgan fingerprint density at radius 3 is 1.84 bits per heavy atom. The molecular formula is C35H52O2S. The minimum Gasteiger partial charge on any atom is -0.490 e. The molecule has 0 aliphatic carbocycles. The Labute approximate surface area is 239 Å². The van der Waals surface area contributed by atoms with E-state index in [2.05, 4.69) is 76.2 Å². The predicted octanol–water partition coefficient (Wildman–Crippen LogP) is 10.8. The van der Waals surface area contributed by atoms with Gasteiger partial charge in [0.05, 0.1) is 13.2 Å². The lowest BCUT2D eigenvalue weighted by molar-refractivity contribution is 0.258. The van der Waals surface area contributed by atoms with Gasteiger partial charge in [0, 0.05) is 4.86 Å². The number of hydrogen-bond donors (Lipinski definition) is 0. The summed E-state index contributed by atoms with van der Waals surface area (Å²) >= 11 is 5.70. The summed E-state index contributed by atoms with van der Waals surface area (Å²) in [6, 6.07) is 14.9. The van der Waals surface area contributed by atoms with Crippen molar-refractivity contribution in [2.45, 2.75) is 111 Å². The van der Waals surface area contributed by atoms with Crippen LogP contribution >= 0.6 is 12.2 Å². The van der Waals surface area contributed by atoms with Crippen LogP contribution in [-0.4, -0.2) is 18.1 Å². The molecule has 0 radical (unpaired) electrons. The molecule has 0 aliphatic rings. The normalized spacial score (nSPS) is 11.4. The van der Waals surface area contributed by atoms with Crippen molar-refractivity contribution < 1.29 is 9.47 Å². The maximum atomic E-state index is 6.24. The van der Waals surface area contributed by atoms with Crippen LogP contribution in [0.15, 0.2) is 48.5 Å². The lowest BCUT2D eigenvalue weighted by atomic mass is 10.0. The van der Waals surface area contributed by atoms with E-state index >= 15 is 0 Å². The van der Waals surface area contributed by atoms with Crippen LogP contribution in [-0.2, 0) is 6.42 Å². The van der Waals surface area contributed by atoms with Gasteiger partial charge in [-0.3, -0.25) is 0 Å². The molecule has 0 aromatic heterocycles. The Kier molecular flexibility index (Phi) is 16.8. The number of allylic oxidation sites excluding steroid dienone is 1. The van der Waals surface area contributed by atoms with E-state index in [1.807, 2.05) is 6.08 Å². The number of rotatable bonds is 21. The molecule has 38 heavy (non-hydrogen) atoms. The van der Waals surface area contributed by atoms with Gasteiger partial charge in [0.15, 0.2) is 11.5 Å². The molecule has 0 unspecified atom stereocenters. The van der Waals surface area contributed by atoms with E-state index in [-0.39, 0.29) is 0 Å². The molecule has 0 N–H and O–H groups in total.